The van der Waals surface area contributed by atoms with Gasteiger partial charge in [-0.1, -0.05) is 42.5 Å². The standard InChI is InChI=1S/C28H23FN2O/c1-20-15-24(16-25(18-30)23-9-6-10-26(29)17-23)21(2)31(20)27-11-13-28(14-12-27)32-19-22-7-4-3-5-8-22/h3-17H,19H2,1-2H3/b25-16-. The van der Waals surface area contributed by atoms with Crippen molar-refractivity contribution in [2.45, 2.75) is 20.5 Å². The molecule has 0 aliphatic heterocycles. The number of halogens is 1. The third-order valence-electron chi connectivity index (χ3n) is 5.37. The predicted octanol–water partition coefficient (Wildman–Crippen LogP) is 6.88. The highest BCUT2D eigenvalue weighted by Gasteiger charge is 2.11. The molecular formula is C28H23FN2O. The summed E-state index contributed by atoms with van der Waals surface area (Å²) in [5.41, 5.74) is 6.10. The molecule has 0 amide bonds. The van der Waals surface area contributed by atoms with E-state index >= 15 is 0 Å². The molecule has 4 rings (SSSR count). The molecule has 0 radical (unpaired) electrons. The fraction of sp³-hybridized carbons (Fsp3) is 0.107. The Morgan fingerprint density at radius 1 is 0.969 bits per heavy atom. The minimum atomic E-state index is -0.358. The van der Waals surface area contributed by atoms with Crippen LogP contribution in [0.4, 0.5) is 4.39 Å². The summed E-state index contributed by atoms with van der Waals surface area (Å²) >= 11 is 0. The Labute approximate surface area is 187 Å². The van der Waals surface area contributed by atoms with Crippen LogP contribution in [-0.4, -0.2) is 4.57 Å². The van der Waals surface area contributed by atoms with Crippen molar-refractivity contribution in [1.82, 2.24) is 4.57 Å². The first kappa shape index (κ1) is 21.1. The van der Waals surface area contributed by atoms with Crippen LogP contribution in [-0.2, 0) is 6.61 Å². The van der Waals surface area contributed by atoms with Gasteiger partial charge >= 0.3 is 0 Å². The zero-order valence-corrected chi connectivity index (χ0v) is 18.0. The van der Waals surface area contributed by atoms with Gasteiger partial charge in [0.05, 0.1) is 11.6 Å². The van der Waals surface area contributed by atoms with E-state index in [9.17, 15) is 9.65 Å². The lowest BCUT2D eigenvalue weighted by Crippen LogP contribution is -2.00. The summed E-state index contributed by atoms with van der Waals surface area (Å²) in [5.74, 6) is 0.446. The summed E-state index contributed by atoms with van der Waals surface area (Å²) in [7, 11) is 0. The molecule has 3 aromatic carbocycles. The summed E-state index contributed by atoms with van der Waals surface area (Å²) in [4.78, 5) is 0. The molecule has 1 aromatic heterocycles. The minimum absolute atomic E-state index is 0.358. The zero-order chi connectivity index (χ0) is 22.5. The van der Waals surface area contributed by atoms with Crippen molar-refractivity contribution in [2.75, 3.05) is 0 Å². The van der Waals surface area contributed by atoms with E-state index in [0.29, 0.717) is 17.7 Å². The molecule has 0 N–H and O–H groups in total. The lowest BCUT2D eigenvalue weighted by Gasteiger charge is -2.11. The molecule has 1 heterocycles. The van der Waals surface area contributed by atoms with Gasteiger partial charge in [0.2, 0.25) is 0 Å². The maximum atomic E-state index is 13.6. The third-order valence-corrected chi connectivity index (χ3v) is 5.37. The van der Waals surface area contributed by atoms with Gasteiger partial charge in [-0.2, -0.15) is 5.26 Å². The summed E-state index contributed by atoms with van der Waals surface area (Å²) in [6, 6.07) is 28.3. The lowest BCUT2D eigenvalue weighted by atomic mass is 10.0. The fourth-order valence-electron chi connectivity index (χ4n) is 3.76. The Balaban J connectivity index is 1.58. The summed E-state index contributed by atoms with van der Waals surface area (Å²) in [5, 5.41) is 9.62. The number of hydrogen-bond donors (Lipinski definition) is 0. The number of nitrogens with zero attached hydrogens (tertiary/aromatic N) is 2. The monoisotopic (exact) mass is 422 g/mol. The second-order valence-corrected chi connectivity index (χ2v) is 7.61. The molecule has 0 atom stereocenters. The predicted molar refractivity (Wildman–Crippen MR) is 126 cm³/mol. The Morgan fingerprint density at radius 2 is 1.72 bits per heavy atom. The highest BCUT2D eigenvalue weighted by molar-refractivity contribution is 5.90. The van der Waals surface area contributed by atoms with Crippen molar-refractivity contribution in [1.29, 1.82) is 5.26 Å². The highest BCUT2D eigenvalue weighted by Crippen LogP contribution is 2.26. The molecular weight excluding hydrogens is 399 g/mol. The number of rotatable bonds is 6. The van der Waals surface area contributed by atoms with Crippen molar-refractivity contribution in [2.24, 2.45) is 0 Å². The summed E-state index contributed by atoms with van der Waals surface area (Å²) < 4.78 is 21.6. The average molecular weight is 423 g/mol. The van der Waals surface area contributed by atoms with Gasteiger partial charge in [-0.05, 0) is 79.1 Å². The molecule has 3 nitrogen and oxygen atoms in total. The molecule has 0 saturated carbocycles. The van der Waals surface area contributed by atoms with Gasteiger partial charge in [-0.3, -0.25) is 0 Å². The molecule has 0 fully saturated rings. The van der Waals surface area contributed by atoms with Crippen molar-refractivity contribution < 1.29 is 9.13 Å². The Morgan fingerprint density at radius 3 is 2.41 bits per heavy atom. The molecule has 0 saturated heterocycles. The van der Waals surface area contributed by atoms with Crippen LogP contribution in [0.5, 0.6) is 5.75 Å². The number of allylic oxidation sites excluding steroid dienone is 1. The van der Waals surface area contributed by atoms with Gasteiger partial charge in [0.15, 0.2) is 0 Å². The van der Waals surface area contributed by atoms with Crippen LogP contribution in [0.15, 0.2) is 84.9 Å². The number of aromatic nitrogens is 1. The number of benzene rings is 3. The number of hydrogen-bond acceptors (Lipinski definition) is 2. The van der Waals surface area contributed by atoms with E-state index in [-0.39, 0.29) is 5.82 Å². The van der Waals surface area contributed by atoms with E-state index in [0.717, 1.165) is 34.0 Å². The Hall–Kier alpha value is -4.10. The Bertz CT molecular complexity index is 1300. The molecule has 0 spiro atoms. The van der Waals surface area contributed by atoms with E-state index < -0.39 is 0 Å². The molecule has 0 bridgehead atoms. The van der Waals surface area contributed by atoms with Gasteiger partial charge < -0.3 is 9.30 Å². The largest absolute Gasteiger partial charge is 0.489 e. The van der Waals surface area contributed by atoms with Crippen molar-refractivity contribution in [3.63, 3.8) is 0 Å². The van der Waals surface area contributed by atoms with Crippen LogP contribution in [0.2, 0.25) is 0 Å². The number of aryl methyl sites for hydroxylation is 1. The number of nitriles is 1. The van der Waals surface area contributed by atoms with E-state index in [2.05, 4.69) is 10.6 Å². The highest BCUT2D eigenvalue weighted by atomic mass is 19.1. The normalized spacial score (nSPS) is 11.2. The van der Waals surface area contributed by atoms with E-state index in [1.54, 1.807) is 12.1 Å². The Kier molecular flexibility index (Phi) is 6.19. The van der Waals surface area contributed by atoms with Crippen LogP contribution in [0.1, 0.15) is 28.1 Å². The molecule has 4 heteroatoms. The topological polar surface area (TPSA) is 38.0 Å². The first-order valence-corrected chi connectivity index (χ1v) is 10.4. The van der Waals surface area contributed by atoms with E-state index in [4.69, 9.17) is 4.74 Å². The zero-order valence-electron chi connectivity index (χ0n) is 18.0. The van der Waals surface area contributed by atoms with Crippen LogP contribution in [0, 0.1) is 31.0 Å². The van der Waals surface area contributed by atoms with Crippen molar-refractivity contribution in [3.8, 4) is 17.5 Å². The van der Waals surface area contributed by atoms with E-state index in [1.165, 1.54) is 12.1 Å². The molecule has 0 aliphatic rings. The quantitative estimate of drug-likeness (QED) is 0.318. The van der Waals surface area contributed by atoms with Gasteiger partial charge in [0.25, 0.3) is 0 Å². The maximum absolute atomic E-state index is 13.6. The molecule has 4 aromatic rings. The lowest BCUT2D eigenvalue weighted by molar-refractivity contribution is 0.306. The van der Waals surface area contributed by atoms with Crippen LogP contribution in [0.25, 0.3) is 17.3 Å². The van der Waals surface area contributed by atoms with Crippen LogP contribution < -0.4 is 4.74 Å². The van der Waals surface area contributed by atoms with Crippen molar-refractivity contribution in [3.05, 3.63) is 119 Å². The second kappa shape index (κ2) is 9.36. The summed E-state index contributed by atoms with van der Waals surface area (Å²) in [6.07, 6.45) is 1.81. The van der Waals surface area contributed by atoms with Gasteiger partial charge in [-0.15, -0.1) is 0 Å². The second-order valence-electron chi connectivity index (χ2n) is 7.61. The van der Waals surface area contributed by atoms with Crippen LogP contribution in [0.3, 0.4) is 0 Å². The van der Waals surface area contributed by atoms with Crippen LogP contribution >= 0.6 is 0 Å². The molecule has 32 heavy (non-hydrogen) atoms. The summed E-state index contributed by atoms with van der Waals surface area (Å²) in [6.45, 7) is 4.56. The molecule has 158 valence electrons. The smallest absolute Gasteiger partial charge is 0.123 e. The minimum Gasteiger partial charge on any atom is -0.489 e. The molecule has 0 unspecified atom stereocenters. The first-order chi connectivity index (χ1) is 15.5. The average Bonchev–Trinajstić information content (AvgIpc) is 3.09. The maximum Gasteiger partial charge on any atom is 0.123 e. The first-order valence-electron chi connectivity index (χ1n) is 10.4. The van der Waals surface area contributed by atoms with Gasteiger partial charge in [0.1, 0.15) is 18.2 Å². The third kappa shape index (κ3) is 4.63. The number of ether oxygens (including phenoxy) is 1. The van der Waals surface area contributed by atoms with Gasteiger partial charge in [-0.25, -0.2) is 4.39 Å². The fourth-order valence-corrected chi connectivity index (χ4v) is 3.76. The molecule has 0 aliphatic carbocycles. The van der Waals surface area contributed by atoms with E-state index in [1.807, 2.05) is 80.6 Å². The van der Waals surface area contributed by atoms with Gasteiger partial charge in [0, 0.05) is 17.1 Å². The SMILES string of the molecule is Cc1cc(/C=C(/C#N)c2cccc(F)c2)c(C)n1-c1ccc(OCc2ccccc2)cc1. The van der Waals surface area contributed by atoms with Crippen molar-refractivity contribution >= 4 is 11.6 Å².